The highest BCUT2D eigenvalue weighted by Gasteiger charge is 2.12. The summed E-state index contributed by atoms with van der Waals surface area (Å²) in [7, 11) is 0. The van der Waals surface area contributed by atoms with Gasteiger partial charge >= 0.3 is 0 Å². The van der Waals surface area contributed by atoms with Gasteiger partial charge in [-0.05, 0) is 25.9 Å². The summed E-state index contributed by atoms with van der Waals surface area (Å²) >= 11 is 1.37. The van der Waals surface area contributed by atoms with E-state index in [9.17, 15) is 4.79 Å². The van der Waals surface area contributed by atoms with Gasteiger partial charge in [0.25, 0.3) is 0 Å². The second-order valence-corrected chi connectivity index (χ2v) is 3.68. The largest absolute Gasteiger partial charge is 0.299 e. The van der Waals surface area contributed by atoms with E-state index < -0.39 is 0 Å². The van der Waals surface area contributed by atoms with Crippen molar-refractivity contribution in [2.24, 2.45) is 0 Å². The molecular weight excluding hydrogens is 172 g/mol. The van der Waals surface area contributed by atoms with Crippen LogP contribution < -0.4 is 4.72 Å². The van der Waals surface area contributed by atoms with Crippen molar-refractivity contribution in [1.82, 2.24) is 9.62 Å². The maximum atomic E-state index is 11.1. The van der Waals surface area contributed by atoms with Gasteiger partial charge in [0.15, 0.2) is 0 Å². The Balaban J connectivity index is 2.15. The highest BCUT2D eigenvalue weighted by Crippen LogP contribution is 2.07. The molecule has 1 amide bonds. The van der Waals surface area contributed by atoms with E-state index in [2.05, 4.69) is 9.62 Å². The Morgan fingerprint density at radius 2 is 2.08 bits per heavy atom. The molecule has 1 saturated heterocycles. The van der Waals surface area contributed by atoms with Crippen molar-refractivity contribution in [2.75, 3.05) is 25.9 Å². The summed E-state index contributed by atoms with van der Waals surface area (Å²) in [4.78, 5) is 13.4. The molecule has 1 aliphatic heterocycles. The van der Waals surface area contributed by atoms with Crippen molar-refractivity contribution in [3.8, 4) is 0 Å². The first kappa shape index (κ1) is 9.86. The van der Waals surface area contributed by atoms with Crippen LogP contribution in [-0.4, -0.2) is 36.7 Å². The van der Waals surface area contributed by atoms with Gasteiger partial charge in [-0.2, -0.15) is 0 Å². The Morgan fingerprint density at radius 3 is 2.67 bits per heavy atom. The second kappa shape index (κ2) is 5.43. The number of hydrogen-bond acceptors (Lipinski definition) is 3. The molecule has 1 N–H and O–H groups in total. The third-order valence-corrected chi connectivity index (χ3v) is 2.46. The summed E-state index contributed by atoms with van der Waals surface area (Å²) in [5.41, 5.74) is 0. The predicted molar refractivity (Wildman–Crippen MR) is 51.9 cm³/mol. The molecule has 0 aromatic carbocycles. The lowest BCUT2D eigenvalue weighted by Gasteiger charge is -2.25. The molecule has 12 heavy (non-hydrogen) atoms. The van der Waals surface area contributed by atoms with Gasteiger partial charge in [0.1, 0.15) is 0 Å². The van der Waals surface area contributed by atoms with E-state index in [1.165, 1.54) is 31.2 Å². The normalized spacial score (nSPS) is 19.1. The first-order valence-corrected chi connectivity index (χ1v) is 5.59. The lowest BCUT2D eigenvalue weighted by Crippen LogP contribution is -2.37. The van der Waals surface area contributed by atoms with Crippen LogP contribution in [0, 0.1) is 0 Å². The van der Waals surface area contributed by atoms with Crippen molar-refractivity contribution in [2.45, 2.75) is 19.3 Å². The molecule has 0 spiro atoms. The number of rotatable bonds is 3. The molecule has 0 radical (unpaired) electrons. The zero-order valence-corrected chi connectivity index (χ0v) is 8.32. The molecular formula is C8H16N2OS. The fourth-order valence-electron chi connectivity index (χ4n) is 1.47. The van der Waals surface area contributed by atoms with E-state index in [-0.39, 0.29) is 5.91 Å². The summed E-state index contributed by atoms with van der Waals surface area (Å²) in [6.07, 6.45) is 5.67. The molecule has 0 aliphatic carbocycles. The predicted octanol–water partition coefficient (Wildman–Crippen LogP) is 0.866. The van der Waals surface area contributed by atoms with Gasteiger partial charge < -0.3 is 0 Å². The first-order chi connectivity index (χ1) is 5.83. The Kier molecular flexibility index (Phi) is 4.46. The summed E-state index contributed by atoms with van der Waals surface area (Å²) in [5.74, 6) is 0.129. The Hall–Kier alpha value is -0.220. The standard InChI is InChI=1S/C8H16N2OS/c1-12-9-8(11)7-10-5-3-2-4-6-10/h2-7H2,1H3,(H,9,11). The number of carbonyl (C=O) groups is 1. The topological polar surface area (TPSA) is 32.3 Å². The van der Waals surface area contributed by atoms with Crippen LogP contribution in [0.1, 0.15) is 19.3 Å². The number of likely N-dealkylation sites (tertiary alicyclic amines) is 1. The van der Waals surface area contributed by atoms with Crippen molar-refractivity contribution in [3.05, 3.63) is 0 Å². The van der Waals surface area contributed by atoms with Crippen molar-refractivity contribution in [1.29, 1.82) is 0 Å². The average molecular weight is 188 g/mol. The summed E-state index contributed by atoms with van der Waals surface area (Å²) < 4.78 is 2.73. The number of hydrogen-bond donors (Lipinski definition) is 1. The fourth-order valence-corrected chi connectivity index (χ4v) is 1.76. The molecule has 1 fully saturated rings. The van der Waals surface area contributed by atoms with Gasteiger partial charge in [0, 0.05) is 6.26 Å². The van der Waals surface area contributed by atoms with Gasteiger partial charge in [-0.25, -0.2) is 0 Å². The van der Waals surface area contributed by atoms with Gasteiger partial charge in [-0.15, -0.1) is 0 Å². The Bertz CT molecular complexity index is 146. The molecule has 70 valence electrons. The summed E-state index contributed by atoms with van der Waals surface area (Å²) in [6, 6.07) is 0. The zero-order chi connectivity index (χ0) is 8.81. The van der Waals surface area contributed by atoms with Crippen LogP contribution in [0.5, 0.6) is 0 Å². The molecule has 0 aromatic rings. The van der Waals surface area contributed by atoms with Gasteiger partial charge in [0.2, 0.25) is 5.91 Å². The van der Waals surface area contributed by atoms with Crippen LogP contribution in [0.25, 0.3) is 0 Å². The maximum absolute atomic E-state index is 11.1. The van der Waals surface area contributed by atoms with Gasteiger partial charge in [-0.3, -0.25) is 14.4 Å². The number of nitrogens with zero attached hydrogens (tertiary/aromatic N) is 1. The molecule has 0 bridgehead atoms. The number of amides is 1. The van der Waals surface area contributed by atoms with E-state index in [1.54, 1.807) is 0 Å². The fraction of sp³-hybridized carbons (Fsp3) is 0.875. The smallest absolute Gasteiger partial charge is 0.243 e. The number of piperidine rings is 1. The van der Waals surface area contributed by atoms with Crippen LogP contribution >= 0.6 is 11.9 Å². The van der Waals surface area contributed by atoms with E-state index in [4.69, 9.17) is 0 Å². The second-order valence-electron chi connectivity index (χ2n) is 3.07. The zero-order valence-electron chi connectivity index (χ0n) is 7.51. The molecule has 3 nitrogen and oxygen atoms in total. The minimum atomic E-state index is 0.129. The molecule has 1 rings (SSSR count). The van der Waals surface area contributed by atoms with E-state index >= 15 is 0 Å². The van der Waals surface area contributed by atoms with Gasteiger partial charge in [0.05, 0.1) is 6.54 Å². The van der Waals surface area contributed by atoms with Crippen LogP contribution in [0.3, 0.4) is 0 Å². The monoisotopic (exact) mass is 188 g/mol. The molecule has 0 saturated carbocycles. The van der Waals surface area contributed by atoms with Crippen molar-refractivity contribution in [3.63, 3.8) is 0 Å². The molecule has 1 heterocycles. The van der Waals surface area contributed by atoms with Crippen molar-refractivity contribution < 1.29 is 4.79 Å². The Morgan fingerprint density at radius 1 is 1.42 bits per heavy atom. The van der Waals surface area contributed by atoms with E-state index in [1.807, 2.05) is 6.26 Å². The molecule has 0 unspecified atom stereocenters. The van der Waals surface area contributed by atoms with Gasteiger partial charge in [-0.1, -0.05) is 18.4 Å². The minimum absolute atomic E-state index is 0.129. The molecule has 0 atom stereocenters. The van der Waals surface area contributed by atoms with Crippen LogP contribution in [0.4, 0.5) is 0 Å². The van der Waals surface area contributed by atoms with E-state index in [0.29, 0.717) is 6.54 Å². The quantitative estimate of drug-likeness (QED) is 0.667. The van der Waals surface area contributed by atoms with Crippen LogP contribution in [-0.2, 0) is 4.79 Å². The van der Waals surface area contributed by atoms with Crippen molar-refractivity contribution >= 4 is 17.9 Å². The van der Waals surface area contributed by atoms with Crippen LogP contribution in [0.15, 0.2) is 0 Å². The summed E-state index contributed by atoms with van der Waals surface area (Å²) in [5, 5.41) is 0. The molecule has 1 aliphatic rings. The van der Waals surface area contributed by atoms with E-state index in [0.717, 1.165) is 13.1 Å². The summed E-state index contributed by atoms with van der Waals surface area (Å²) in [6.45, 7) is 2.74. The average Bonchev–Trinajstić information content (AvgIpc) is 2.06. The van der Waals surface area contributed by atoms with Crippen LogP contribution in [0.2, 0.25) is 0 Å². The number of nitrogens with one attached hydrogen (secondary N) is 1. The highest BCUT2D eigenvalue weighted by atomic mass is 32.2. The SMILES string of the molecule is CSNC(=O)CN1CCCCC1. The maximum Gasteiger partial charge on any atom is 0.243 e. The molecule has 0 aromatic heterocycles. The highest BCUT2D eigenvalue weighted by molar-refractivity contribution is 7.97. The third kappa shape index (κ3) is 3.45. The third-order valence-electron chi connectivity index (χ3n) is 2.03. The lowest BCUT2D eigenvalue weighted by atomic mass is 10.1. The molecule has 4 heteroatoms. The minimum Gasteiger partial charge on any atom is -0.299 e. The lowest BCUT2D eigenvalue weighted by molar-refractivity contribution is -0.120. The Labute approximate surface area is 78.0 Å². The first-order valence-electron chi connectivity index (χ1n) is 4.37. The number of carbonyl (C=O) groups excluding carboxylic acids is 1.